The summed E-state index contributed by atoms with van der Waals surface area (Å²) in [6.45, 7) is 0. The maximum atomic E-state index is 8.56. The molecule has 0 radical (unpaired) electrons. The Bertz CT molecular complexity index is 29.9. The van der Waals surface area contributed by atoms with Crippen molar-refractivity contribution in [2.75, 3.05) is 0 Å². The van der Waals surface area contributed by atoms with E-state index in [0.717, 1.165) is 0 Å². The van der Waals surface area contributed by atoms with E-state index in [1.54, 1.807) is 0 Å². The van der Waals surface area contributed by atoms with Crippen molar-refractivity contribution in [2.45, 2.75) is 0 Å². The standard InChI is InChI=1S/CH2O3.Cs/c2-1(3)4;/h(H2,2,3,4);/q;+1. The summed E-state index contributed by atoms with van der Waals surface area (Å²) in [5.74, 6) is 0. The van der Waals surface area contributed by atoms with Crippen molar-refractivity contribution < 1.29 is 83.9 Å². The van der Waals surface area contributed by atoms with Gasteiger partial charge in [0, 0.05) is 0 Å². The van der Waals surface area contributed by atoms with E-state index in [1.807, 2.05) is 0 Å². The molecule has 0 aliphatic heterocycles. The molecule has 2 N–H and O–H groups in total. The summed E-state index contributed by atoms with van der Waals surface area (Å²) in [6, 6.07) is 0. The Hall–Kier alpha value is 1.32. The predicted octanol–water partition coefficient (Wildman–Crippen LogP) is -2.77. The molecule has 0 aromatic rings. The van der Waals surface area contributed by atoms with Gasteiger partial charge in [0.25, 0.3) is 0 Å². The molecule has 5 heavy (non-hydrogen) atoms. The van der Waals surface area contributed by atoms with E-state index in [0.29, 0.717) is 0 Å². The smallest absolute Gasteiger partial charge is 0.450 e. The van der Waals surface area contributed by atoms with Crippen molar-refractivity contribution >= 4 is 6.16 Å². The Morgan fingerprint density at radius 2 is 1.40 bits per heavy atom. The Kier molecular flexibility index (Phi) is 10.2. The van der Waals surface area contributed by atoms with Gasteiger partial charge in [-0.15, -0.1) is 0 Å². The van der Waals surface area contributed by atoms with Crippen LogP contribution in [0.25, 0.3) is 0 Å². The van der Waals surface area contributed by atoms with Gasteiger partial charge in [-0.25, -0.2) is 4.79 Å². The zero-order valence-corrected chi connectivity index (χ0v) is 9.08. The van der Waals surface area contributed by atoms with Crippen molar-refractivity contribution in [3.63, 3.8) is 0 Å². The van der Waals surface area contributed by atoms with Crippen molar-refractivity contribution in [3.05, 3.63) is 0 Å². The molecule has 0 rings (SSSR count). The van der Waals surface area contributed by atoms with Gasteiger partial charge < -0.3 is 10.2 Å². The number of carboxylic acid groups (broad SMARTS) is 2. The Morgan fingerprint density at radius 1 is 1.40 bits per heavy atom. The van der Waals surface area contributed by atoms with Gasteiger partial charge >= 0.3 is 75.0 Å². The second kappa shape index (κ2) is 5.32. The number of carbonyl (C=O) groups is 1. The minimum atomic E-state index is -1.83. The van der Waals surface area contributed by atoms with Gasteiger partial charge in [0.1, 0.15) is 0 Å². The maximum absolute atomic E-state index is 8.56. The first-order chi connectivity index (χ1) is 1.73. The van der Waals surface area contributed by atoms with Gasteiger partial charge in [-0.2, -0.15) is 0 Å². The maximum Gasteiger partial charge on any atom is 1.00 e. The Labute approximate surface area is 87.8 Å². The molecule has 0 aromatic carbocycles. The van der Waals surface area contributed by atoms with E-state index in [4.69, 9.17) is 15.0 Å². The molecule has 0 unspecified atom stereocenters. The van der Waals surface area contributed by atoms with E-state index >= 15 is 0 Å². The van der Waals surface area contributed by atoms with Gasteiger partial charge in [0.2, 0.25) is 0 Å². The van der Waals surface area contributed by atoms with Crippen molar-refractivity contribution in [1.29, 1.82) is 0 Å². The minimum Gasteiger partial charge on any atom is -0.450 e. The van der Waals surface area contributed by atoms with Crippen molar-refractivity contribution in [2.24, 2.45) is 0 Å². The second-order valence-electron chi connectivity index (χ2n) is 0.283. The first-order valence-corrected chi connectivity index (χ1v) is 0.651. The van der Waals surface area contributed by atoms with Crippen molar-refractivity contribution in [3.8, 4) is 0 Å². The van der Waals surface area contributed by atoms with Gasteiger partial charge in [-0.3, -0.25) is 0 Å². The molecule has 0 heterocycles. The quantitative estimate of drug-likeness (QED) is 0.439. The van der Waals surface area contributed by atoms with Crippen LogP contribution in [-0.2, 0) is 0 Å². The fourth-order valence-electron chi connectivity index (χ4n) is 0. The van der Waals surface area contributed by atoms with Gasteiger partial charge in [-0.05, 0) is 0 Å². The molecule has 0 amide bonds. The van der Waals surface area contributed by atoms with Gasteiger partial charge in [-0.1, -0.05) is 0 Å². The zero-order chi connectivity index (χ0) is 3.58. The summed E-state index contributed by atoms with van der Waals surface area (Å²) < 4.78 is 0. The number of hydrogen-bond acceptors (Lipinski definition) is 1. The molecule has 3 nitrogen and oxygen atoms in total. The summed E-state index contributed by atoms with van der Waals surface area (Å²) in [7, 11) is 0. The van der Waals surface area contributed by atoms with E-state index in [9.17, 15) is 0 Å². The van der Waals surface area contributed by atoms with Crippen molar-refractivity contribution in [1.82, 2.24) is 0 Å². The predicted molar refractivity (Wildman–Crippen MR) is 10.7 cm³/mol. The average molecular weight is 195 g/mol. The summed E-state index contributed by atoms with van der Waals surface area (Å²) in [4.78, 5) is 8.56. The minimum absolute atomic E-state index is 0. The molecule has 0 saturated carbocycles. The molecule has 0 fully saturated rings. The number of rotatable bonds is 0. The average Bonchev–Trinajstić information content (AvgIpc) is 0.811. The summed E-state index contributed by atoms with van der Waals surface area (Å²) in [5, 5.41) is 13.9. The molecule has 0 saturated heterocycles. The van der Waals surface area contributed by atoms with Gasteiger partial charge in [0.15, 0.2) is 0 Å². The van der Waals surface area contributed by atoms with Crippen LogP contribution < -0.4 is 68.9 Å². The number of hydrogen-bond donors (Lipinski definition) is 2. The van der Waals surface area contributed by atoms with Crippen LogP contribution in [0.4, 0.5) is 4.79 Å². The van der Waals surface area contributed by atoms with E-state index < -0.39 is 6.16 Å². The molecular formula is CH2CsO3+. The summed E-state index contributed by atoms with van der Waals surface area (Å²) in [6.07, 6.45) is -1.83. The zero-order valence-electron chi connectivity index (χ0n) is 2.80. The molecule has 0 atom stereocenters. The third kappa shape index (κ3) is 33.6. The molecule has 0 aliphatic rings. The first-order valence-electron chi connectivity index (χ1n) is 0.651. The van der Waals surface area contributed by atoms with Crippen LogP contribution in [0.5, 0.6) is 0 Å². The third-order valence-corrected chi connectivity index (χ3v) is 0. The van der Waals surface area contributed by atoms with Crippen LogP contribution in [0.3, 0.4) is 0 Å². The van der Waals surface area contributed by atoms with Crippen LogP contribution in [0.1, 0.15) is 0 Å². The fourth-order valence-corrected chi connectivity index (χ4v) is 0. The van der Waals surface area contributed by atoms with E-state index in [2.05, 4.69) is 0 Å². The van der Waals surface area contributed by atoms with Crippen LogP contribution in [0.15, 0.2) is 0 Å². The molecule has 0 spiro atoms. The normalized spacial score (nSPS) is 4.80. The first kappa shape index (κ1) is 9.59. The largest absolute Gasteiger partial charge is 1.00 e. The van der Waals surface area contributed by atoms with E-state index in [1.165, 1.54) is 0 Å². The molecule has 0 bridgehead atoms. The molecular weight excluding hydrogens is 193 g/mol. The monoisotopic (exact) mass is 195 g/mol. The van der Waals surface area contributed by atoms with Crippen LogP contribution in [0.2, 0.25) is 0 Å². The second-order valence-corrected chi connectivity index (χ2v) is 0.283. The summed E-state index contributed by atoms with van der Waals surface area (Å²) in [5.41, 5.74) is 0. The molecule has 4 heteroatoms. The summed E-state index contributed by atoms with van der Waals surface area (Å²) >= 11 is 0. The molecule has 0 aliphatic carbocycles. The fraction of sp³-hybridized carbons (Fsp3) is 0. The van der Waals surface area contributed by atoms with Crippen LogP contribution in [0, 0.1) is 0 Å². The Balaban J connectivity index is 0. The van der Waals surface area contributed by atoms with Crippen LogP contribution in [-0.4, -0.2) is 16.4 Å². The van der Waals surface area contributed by atoms with Crippen LogP contribution >= 0.6 is 0 Å². The molecule has 24 valence electrons. The van der Waals surface area contributed by atoms with E-state index in [-0.39, 0.29) is 68.9 Å². The topological polar surface area (TPSA) is 57.5 Å². The molecule has 0 aromatic heterocycles. The van der Waals surface area contributed by atoms with Gasteiger partial charge in [0.05, 0.1) is 0 Å². The SMILES string of the molecule is O=C(O)O.[Cs+]. The third-order valence-electron chi connectivity index (χ3n) is 0. The Morgan fingerprint density at radius 3 is 1.40 bits per heavy atom.